The van der Waals surface area contributed by atoms with Crippen LogP contribution in [0, 0.1) is 0 Å². The normalized spacial score (nSPS) is 14.0. The molecule has 0 unspecified atom stereocenters. The van der Waals surface area contributed by atoms with Crippen molar-refractivity contribution in [3.63, 3.8) is 0 Å². The van der Waals surface area contributed by atoms with E-state index in [1.165, 1.54) is 6.92 Å². The standard InChI is InChI=1S/C21H26N4O4/c1-3-29-21(28)24-14-12-23(13-15-24)19(27)9-11-25(16(2)26)18-8-4-6-17-7-5-10-22-20(17)18/h4-8,10H,3,9,11-15H2,1-2H3. The Labute approximate surface area is 170 Å². The number of anilines is 1. The van der Waals surface area contributed by atoms with Crippen LogP contribution in [0.4, 0.5) is 10.5 Å². The lowest BCUT2D eigenvalue weighted by atomic mass is 10.1. The minimum absolute atomic E-state index is 0.0343. The number of carbonyl (C=O) groups is 3. The summed E-state index contributed by atoms with van der Waals surface area (Å²) in [6, 6.07) is 9.46. The van der Waals surface area contributed by atoms with Crippen molar-refractivity contribution >= 4 is 34.5 Å². The maximum Gasteiger partial charge on any atom is 0.409 e. The molecule has 0 saturated carbocycles. The molecule has 0 aliphatic carbocycles. The van der Waals surface area contributed by atoms with E-state index < -0.39 is 0 Å². The number of carbonyl (C=O) groups excluding carboxylic acids is 3. The highest BCUT2D eigenvalue weighted by Gasteiger charge is 2.25. The highest BCUT2D eigenvalue weighted by atomic mass is 16.6. The van der Waals surface area contributed by atoms with Crippen LogP contribution in [-0.2, 0) is 14.3 Å². The van der Waals surface area contributed by atoms with Crippen molar-refractivity contribution < 1.29 is 19.1 Å². The second kappa shape index (κ2) is 9.36. The summed E-state index contributed by atoms with van der Waals surface area (Å²) in [6.07, 6.45) is 1.56. The summed E-state index contributed by atoms with van der Waals surface area (Å²) in [6.45, 7) is 5.71. The van der Waals surface area contributed by atoms with Gasteiger partial charge in [-0.15, -0.1) is 0 Å². The SMILES string of the molecule is CCOC(=O)N1CCN(C(=O)CCN(C(C)=O)c2cccc3cccnc23)CC1. The molecule has 0 N–H and O–H groups in total. The molecule has 0 spiro atoms. The fraction of sp³-hybridized carbons (Fsp3) is 0.429. The highest BCUT2D eigenvalue weighted by molar-refractivity contribution is 6.01. The predicted octanol–water partition coefficient (Wildman–Crippen LogP) is 2.28. The Morgan fingerprint density at radius 2 is 1.76 bits per heavy atom. The lowest BCUT2D eigenvalue weighted by molar-refractivity contribution is -0.132. The maximum absolute atomic E-state index is 12.7. The van der Waals surface area contributed by atoms with Crippen LogP contribution in [0.15, 0.2) is 36.5 Å². The number of fused-ring (bicyclic) bond motifs is 1. The molecule has 8 heteroatoms. The molecule has 0 bridgehead atoms. The monoisotopic (exact) mass is 398 g/mol. The van der Waals surface area contributed by atoms with E-state index in [4.69, 9.17) is 4.74 Å². The molecular weight excluding hydrogens is 372 g/mol. The average Bonchev–Trinajstić information content (AvgIpc) is 2.74. The molecule has 8 nitrogen and oxygen atoms in total. The minimum atomic E-state index is -0.342. The van der Waals surface area contributed by atoms with Gasteiger partial charge in [-0.3, -0.25) is 14.6 Å². The van der Waals surface area contributed by atoms with Gasteiger partial charge in [-0.2, -0.15) is 0 Å². The van der Waals surface area contributed by atoms with Crippen LogP contribution in [0.5, 0.6) is 0 Å². The zero-order valence-corrected chi connectivity index (χ0v) is 16.8. The number of rotatable bonds is 5. The van der Waals surface area contributed by atoms with Crippen LogP contribution in [0.3, 0.4) is 0 Å². The van der Waals surface area contributed by atoms with Crippen LogP contribution in [0.25, 0.3) is 10.9 Å². The number of ether oxygens (including phenoxy) is 1. The Balaban J connectivity index is 1.62. The molecule has 29 heavy (non-hydrogen) atoms. The first kappa shape index (κ1) is 20.6. The van der Waals surface area contributed by atoms with E-state index in [1.54, 1.807) is 27.8 Å². The van der Waals surface area contributed by atoms with Crippen LogP contribution in [-0.4, -0.2) is 72.0 Å². The Hall–Kier alpha value is -3.16. The van der Waals surface area contributed by atoms with E-state index in [2.05, 4.69) is 4.98 Å². The number of pyridine rings is 1. The van der Waals surface area contributed by atoms with Crippen LogP contribution in [0.2, 0.25) is 0 Å². The first-order valence-corrected chi connectivity index (χ1v) is 9.82. The Morgan fingerprint density at radius 1 is 1.07 bits per heavy atom. The maximum atomic E-state index is 12.7. The third-order valence-corrected chi connectivity index (χ3v) is 4.99. The molecule has 1 aromatic heterocycles. The molecule has 1 fully saturated rings. The molecule has 2 heterocycles. The summed E-state index contributed by atoms with van der Waals surface area (Å²) in [5.74, 6) is -0.170. The first-order valence-electron chi connectivity index (χ1n) is 9.82. The number of amides is 3. The van der Waals surface area contributed by atoms with E-state index in [9.17, 15) is 14.4 Å². The van der Waals surface area contributed by atoms with Crippen molar-refractivity contribution in [2.75, 3.05) is 44.2 Å². The molecule has 1 aromatic carbocycles. The number of hydrogen-bond donors (Lipinski definition) is 0. The van der Waals surface area contributed by atoms with Crippen molar-refractivity contribution in [3.8, 4) is 0 Å². The minimum Gasteiger partial charge on any atom is -0.450 e. The lowest BCUT2D eigenvalue weighted by Gasteiger charge is -2.34. The molecule has 2 aromatic rings. The van der Waals surface area contributed by atoms with Gasteiger partial charge in [0, 0.05) is 57.7 Å². The largest absolute Gasteiger partial charge is 0.450 e. The van der Waals surface area contributed by atoms with Crippen molar-refractivity contribution in [1.82, 2.24) is 14.8 Å². The zero-order chi connectivity index (χ0) is 20.8. The summed E-state index contributed by atoms with van der Waals surface area (Å²) in [5, 5.41) is 0.942. The second-order valence-corrected chi connectivity index (χ2v) is 6.84. The van der Waals surface area contributed by atoms with Gasteiger partial charge in [0.1, 0.15) is 0 Å². The summed E-state index contributed by atoms with van der Waals surface area (Å²) in [5.41, 5.74) is 1.44. The van der Waals surface area contributed by atoms with Crippen LogP contribution >= 0.6 is 0 Å². The number of para-hydroxylation sites is 1. The molecule has 3 amide bonds. The van der Waals surface area contributed by atoms with Gasteiger partial charge in [0.05, 0.1) is 17.8 Å². The van der Waals surface area contributed by atoms with E-state index in [0.29, 0.717) is 38.5 Å². The second-order valence-electron chi connectivity index (χ2n) is 6.84. The molecule has 1 saturated heterocycles. The molecule has 154 valence electrons. The van der Waals surface area contributed by atoms with Crippen LogP contribution in [0.1, 0.15) is 20.3 Å². The Kier molecular flexibility index (Phi) is 6.64. The summed E-state index contributed by atoms with van der Waals surface area (Å²) < 4.78 is 5.00. The van der Waals surface area contributed by atoms with Gasteiger partial charge in [0.25, 0.3) is 0 Å². The van der Waals surface area contributed by atoms with Gasteiger partial charge in [0.15, 0.2) is 0 Å². The first-order chi connectivity index (χ1) is 14.0. The van der Waals surface area contributed by atoms with Crippen LogP contribution < -0.4 is 4.90 Å². The zero-order valence-electron chi connectivity index (χ0n) is 16.8. The van der Waals surface area contributed by atoms with Gasteiger partial charge >= 0.3 is 6.09 Å². The molecule has 1 aliphatic rings. The van der Waals surface area contributed by atoms with Gasteiger partial charge in [0.2, 0.25) is 11.8 Å². The van der Waals surface area contributed by atoms with Crippen molar-refractivity contribution in [2.24, 2.45) is 0 Å². The Morgan fingerprint density at radius 3 is 2.45 bits per heavy atom. The van der Waals surface area contributed by atoms with Gasteiger partial charge in [-0.1, -0.05) is 18.2 Å². The summed E-state index contributed by atoms with van der Waals surface area (Å²) in [7, 11) is 0. The summed E-state index contributed by atoms with van der Waals surface area (Å²) >= 11 is 0. The van der Waals surface area contributed by atoms with Crippen molar-refractivity contribution in [3.05, 3.63) is 36.5 Å². The fourth-order valence-electron chi connectivity index (χ4n) is 3.47. The third kappa shape index (κ3) is 4.82. The smallest absolute Gasteiger partial charge is 0.409 e. The van der Waals surface area contributed by atoms with E-state index in [1.807, 2.05) is 30.3 Å². The number of aromatic nitrogens is 1. The Bertz CT molecular complexity index is 888. The third-order valence-electron chi connectivity index (χ3n) is 4.99. The fourth-order valence-corrected chi connectivity index (χ4v) is 3.47. The van der Waals surface area contributed by atoms with Crippen molar-refractivity contribution in [1.29, 1.82) is 0 Å². The number of hydrogen-bond acceptors (Lipinski definition) is 5. The molecule has 3 rings (SSSR count). The van der Waals surface area contributed by atoms with Gasteiger partial charge in [-0.05, 0) is 19.1 Å². The van der Waals surface area contributed by atoms with E-state index >= 15 is 0 Å². The molecular formula is C21H26N4O4. The number of benzene rings is 1. The quantitative estimate of drug-likeness (QED) is 0.772. The number of piperazine rings is 1. The summed E-state index contributed by atoms with van der Waals surface area (Å²) in [4.78, 5) is 46.1. The molecule has 0 radical (unpaired) electrons. The molecule has 0 atom stereocenters. The van der Waals surface area contributed by atoms with Gasteiger partial charge in [-0.25, -0.2) is 4.79 Å². The van der Waals surface area contributed by atoms with E-state index in [-0.39, 0.29) is 30.9 Å². The van der Waals surface area contributed by atoms with E-state index in [0.717, 1.165) is 10.9 Å². The highest BCUT2D eigenvalue weighted by Crippen LogP contribution is 2.25. The average molecular weight is 398 g/mol. The molecule has 1 aliphatic heterocycles. The lowest BCUT2D eigenvalue weighted by Crippen LogP contribution is -2.51. The predicted molar refractivity (Wildman–Crippen MR) is 110 cm³/mol. The van der Waals surface area contributed by atoms with Gasteiger partial charge < -0.3 is 19.4 Å². The van der Waals surface area contributed by atoms with Crippen molar-refractivity contribution in [2.45, 2.75) is 20.3 Å². The topological polar surface area (TPSA) is 83.0 Å². The number of nitrogens with zero attached hydrogens (tertiary/aromatic N) is 4.